The molecule has 0 heterocycles. The Balaban J connectivity index is 2.06. The van der Waals surface area contributed by atoms with Crippen LogP contribution in [0.3, 0.4) is 0 Å². The number of nitrogens with one attached hydrogen (secondary N) is 1. The highest BCUT2D eigenvalue weighted by molar-refractivity contribution is 7.92. The lowest BCUT2D eigenvalue weighted by Crippen LogP contribution is -2.52. The standard InChI is InChI=1S/C28H31Cl2N3O4S/c1-4-25(28(35)31-5-2)32(18-21-10-12-22(29)13-11-21)27(34)19-33(26-9-7-6-8-20(26)3)38(36,37)24-16-14-23(30)15-17-24/h6-17,25H,4-5,18-19H2,1-3H3,(H,31,35)/t25-/m1/s1. The third-order valence-electron chi connectivity index (χ3n) is 6.07. The van der Waals surface area contributed by atoms with E-state index >= 15 is 0 Å². The lowest BCUT2D eigenvalue weighted by Gasteiger charge is -2.33. The van der Waals surface area contributed by atoms with Crippen molar-refractivity contribution in [2.75, 3.05) is 17.4 Å². The highest BCUT2D eigenvalue weighted by Crippen LogP contribution is 2.28. The van der Waals surface area contributed by atoms with Gasteiger partial charge in [-0.2, -0.15) is 0 Å². The third-order valence-corrected chi connectivity index (χ3v) is 8.35. The molecule has 0 bridgehead atoms. The van der Waals surface area contributed by atoms with Crippen molar-refractivity contribution in [1.29, 1.82) is 0 Å². The number of halogens is 2. The maximum atomic E-state index is 13.9. The van der Waals surface area contributed by atoms with Gasteiger partial charge in [0.25, 0.3) is 10.0 Å². The monoisotopic (exact) mass is 575 g/mol. The lowest BCUT2D eigenvalue weighted by atomic mass is 10.1. The molecule has 0 aliphatic heterocycles. The van der Waals surface area contributed by atoms with E-state index in [1.807, 2.05) is 6.92 Å². The van der Waals surface area contributed by atoms with Crippen molar-refractivity contribution < 1.29 is 18.0 Å². The Morgan fingerprint density at radius 3 is 2.03 bits per heavy atom. The second kappa shape index (κ2) is 13.1. The van der Waals surface area contributed by atoms with Crippen LogP contribution >= 0.6 is 23.2 Å². The zero-order valence-corrected chi connectivity index (χ0v) is 23.9. The van der Waals surface area contributed by atoms with Crippen molar-refractivity contribution in [3.05, 3.63) is 94.0 Å². The molecular formula is C28H31Cl2N3O4S. The minimum Gasteiger partial charge on any atom is -0.355 e. The fraction of sp³-hybridized carbons (Fsp3) is 0.286. The SMILES string of the molecule is CCNC(=O)[C@@H](CC)N(Cc1ccc(Cl)cc1)C(=O)CN(c1ccccc1C)S(=O)(=O)c1ccc(Cl)cc1. The summed E-state index contributed by atoms with van der Waals surface area (Å²) in [6, 6.07) is 18.9. The number of likely N-dealkylation sites (N-methyl/N-ethyl adjacent to an activating group) is 1. The van der Waals surface area contributed by atoms with Crippen LogP contribution in [0.1, 0.15) is 31.4 Å². The van der Waals surface area contributed by atoms with Crippen molar-refractivity contribution in [1.82, 2.24) is 10.2 Å². The molecule has 0 spiro atoms. The number of anilines is 1. The minimum atomic E-state index is -4.15. The molecule has 2 amide bonds. The Kier molecular flexibility index (Phi) is 10.2. The molecule has 0 radical (unpaired) electrons. The van der Waals surface area contributed by atoms with Crippen LogP contribution in [-0.4, -0.2) is 44.3 Å². The average molecular weight is 577 g/mol. The van der Waals surface area contributed by atoms with Crippen molar-refractivity contribution in [2.24, 2.45) is 0 Å². The van der Waals surface area contributed by atoms with Crippen molar-refractivity contribution >= 4 is 50.7 Å². The van der Waals surface area contributed by atoms with Crippen LogP contribution < -0.4 is 9.62 Å². The normalized spacial score (nSPS) is 12.0. The number of carbonyl (C=O) groups is 2. The van der Waals surface area contributed by atoms with Crippen molar-refractivity contribution in [3.63, 3.8) is 0 Å². The molecule has 0 unspecified atom stereocenters. The van der Waals surface area contributed by atoms with E-state index in [0.717, 1.165) is 9.87 Å². The Labute approximate surface area is 234 Å². The summed E-state index contributed by atoms with van der Waals surface area (Å²) in [6.45, 7) is 5.39. The van der Waals surface area contributed by atoms with E-state index in [4.69, 9.17) is 23.2 Å². The number of carbonyl (C=O) groups excluding carboxylic acids is 2. The van der Waals surface area contributed by atoms with Crippen LogP contribution in [0, 0.1) is 6.92 Å². The van der Waals surface area contributed by atoms with Crippen LogP contribution in [0.2, 0.25) is 10.0 Å². The predicted octanol–water partition coefficient (Wildman–Crippen LogP) is 5.44. The Morgan fingerprint density at radius 1 is 0.895 bits per heavy atom. The van der Waals surface area contributed by atoms with E-state index in [1.54, 1.807) is 62.4 Å². The number of benzene rings is 3. The van der Waals surface area contributed by atoms with Gasteiger partial charge in [0.15, 0.2) is 0 Å². The van der Waals surface area contributed by atoms with Gasteiger partial charge < -0.3 is 10.2 Å². The molecule has 1 N–H and O–H groups in total. The van der Waals surface area contributed by atoms with E-state index in [-0.39, 0.29) is 17.3 Å². The topological polar surface area (TPSA) is 86.8 Å². The molecule has 0 aromatic heterocycles. The van der Waals surface area contributed by atoms with Gasteiger partial charge in [0, 0.05) is 23.1 Å². The van der Waals surface area contributed by atoms with Crippen LogP contribution in [-0.2, 0) is 26.2 Å². The van der Waals surface area contributed by atoms with Gasteiger partial charge in [-0.1, -0.05) is 60.5 Å². The van der Waals surface area contributed by atoms with Crippen LogP contribution in [0.25, 0.3) is 0 Å². The Hall–Kier alpha value is -3.07. The Morgan fingerprint density at radius 2 is 1.47 bits per heavy atom. The molecule has 1 atom stereocenters. The molecule has 3 aromatic rings. The molecule has 0 saturated heterocycles. The minimum absolute atomic E-state index is 0.00188. The average Bonchev–Trinajstić information content (AvgIpc) is 2.89. The van der Waals surface area contributed by atoms with E-state index in [2.05, 4.69) is 5.32 Å². The van der Waals surface area contributed by atoms with E-state index in [9.17, 15) is 18.0 Å². The van der Waals surface area contributed by atoms with Crippen LogP contribution in [0.5, 0.6) is 0 Å². The van der Waals surface area contributed by atoms with Crippen LogP contribution in [0.15, 0.2) is 77.7 Å². The summed E-state index contributed by atoms with van der Waals surface area (Å²) in [4.78, 5) is 28.3. The predicted molar refractivity (Wildman–Crippen MR) is 152 cm³/mol. The van der Waals surface area contributed by atoms with Gasteiger partial charge in [0.2, 0.25) is 11.8 Å². The van der Waals surface area contributed by atoms with Crippen molar-refractivity contribution in [2.45, 2.75) is 44.7 Å². The molecule has 3 rings (SSSR count). The molecule has 38 heavy (non-hydrogen) atoms. The second-order valence-electron chi connectivity index (χ2n) is 8.72. The maximum Gasteiger partial charge on any atom is 0.264 e. The molecule has 202 valence electrons. The summed E-state index contributed by atoms with van der Waals surface area (Å²) in [6.07, 6.45) is 0.347. The molecular weight excluding hydrogens is 545 g/mol. The summed E-state index contributed by atoms with van der Waals surface area (Å²) in [5.41, 5.74) is 1.81. The largest absolute Gasteiger partial charge is 0.355 e. The number of sulfonamides is 1. The van der Waals surface area contributed by atoms with Gasteiger partial charge in [-0.3, -0.25) is 13.9 Å². The van der Waals surface area contributed by atoms with Gasteiger partial charge >= 0.3 is 0 Å². The molecule has 0 aliphatic rings. The first-order valence-electron chi connectivity index (χ1n) is 12.2. The highest BCUT2D eigenvalue weighted by Gasteiger charge is 2.34. The maximum absolute atomic E-state index is 13.9. The van der Waals surface area contributed by atoms with E-state index in [1.165, 1.54) is 29.2 Å². The fourth-order valence-corrected chi connectivity index (χ4v) is 5.82. The first-order valence-corrected chi connectivity index (χ1v) is 14.4. The smallest absolute Gasteiger partial charge is 0.264 e. The number of para-hydroxylation sites is 1. The lowest BCUT2D eigenvalue weighted by molar-refractivity contribution is -0.140. The second-order valence-corrected chi connectivity index (χ2v) is 11.5. The van der Waals surface area contributed by atoms with Crippen LogP contribution in [0.4, 0.5) is 5.69 Å². The van der Waals surface area contributed by atoms with Gasteiger partial charge in [-0.15, -0.1) is 0 Å². The molecule has 0 fully saturated rings. The third kappa shape index (κ3) is 7.07. The highest BCUT2D eigenvalue weighted by atomic mass is 35.5. The van der Waals surface area contributed by atoms with Gasteiger partial charge in [0.1, 0.15) is 12.6 Å². The summed E-state index contributed by atoms with van der Waals surface area (Å²) in [5.74, 6) is -0.820. The van der Waals surface area contributed by atoms with E-state index in [0.29, 0.717) is 34.3 Å². The summed E-state index contributed by atoms with van der Waals surface area (Å²) in [7, 11) is -4.15. The first-order chi connectivity index (χ1) is 18.1. The van der Waals surface area contributed by atoms with E-state index < -0.39 is 28.5 Å². The molecule has 0 saturated carbocycles. The summed E-state index contributed by atoms with van der Waals surface area (Å²) in [5, 5.41) is 3.72. The number of amides is 2. The number of hydrogen-bond acceptors (Lipinski definition) is 4. The van der Waals surface area contributed by atoms with Gasteiger partial charge in [-0.05, 0) is 73.9 Å². The zero-order chi connectivity index (χ0) is 27.9. The number of hydrogen-bond donors (Lipinski definition) is 1. The summed E-state index contributed by atoms with van der Waals surface area (Å²) < 4.78 is 28.8. The first kappa shape index (κ1) is 29.5. The van der Waals surface area contributed by atoms with Crippen molar-refractivity contribution in [3.8, 4) is 0 Å². The zero-order valence-electron chi connectivity index (χ0n) is 21.5. The molecule has 7 nitrogen and oxygen atoms in total. The van der Waals surface area contributed by atoms with Gasteiger partial charge in [0.05, 0.1) is 10.6 Å². The molecule has 10 heteroatoms. The number of aryl methyl sites for hydroxylation is 1. The molecule has 3 aromatic carbocycles. The molecule has 0 aliphatic carbocycles. The quantitative estimate of drug-likeness (QED) is 0.330. The summed E-state index contributed by atoms with van der Waals surface area (Å²) >= 11 is 12.0. The Bertz CT molecular complexity index is 1360. The fourth-order valence-electron chi connectivity index (χ4n) is 4.09. The number of rotatable bonds is 11. The number of nitrogens with zero attached hydrogens (tertiary/aromatic N) is 2. The van der Waals surface area contributed by atoms with Gasteiger partial charge in [-0.25, -0.2) is 8.42 Å².